The van der Waals surface area contributed by atoms with Gasteiger partial charge in [0.15, 0.2) is 0 Å². The van der Waals surface area contributed by atoms with Gasteiger partial charge < -0.3 is 30.8 Å². The highest BCUT2D eigenvalue weighted by atomic mass is 16.4. The molecule has 3 amide bonds. The summed E-state index contributed by atoms with van der Waals surface area (Å²) >= 11 is 0. The molecular weight excluding hydrogens is 480 g/mol. The number of aryl methyl sites for hydroxylation is 1. The smallest absolute Gasteiger partial charge is 0.322 e. The van der Waals surface area contributed by atoms with E-state index in [1.807, 2.05) is 61.6 Å². The fourth-order valence-corrected chi connectivity index (χ4v) is 5.06. The molecule has 0 saturated carbocycles. The Kier molecular flexibility index (Phi) is 6.99. The summed E-state index contributed by atoms with van der Waals surface area (Å²) in [5.74, 6) is 0.624. The number of rotatable bonds is 7. The maximum Gasteiger partial charge on any atom is 0.322 e. The number of hydrogen-bond acceptors (Lipinski definition) is 5. The van der Waals surface area contributed by atoms with E-state index in [0.717, 1.165) is 16.7 Å². The second kappa shape index (κ2) is 10.7. The van der Waals surface area contributed by atoms with Crippen molar-refractivity contribution in [3.05, 3.63) is 114 Å². The first-order valence-electron chi connectivity index (χ1n) is 12.5. The Balaban J connectivity index is 1.53. The molecule has 194 valence electrons. The molecule has 1 saturated heterocycles. The summed E-state index contributed by atoms with van der Waals surface area (Å²) in [6.07, 6.45) is 0.799. The number of benzene rings is 3. The SMILES string of the molecule is Cn1ncc(NC(=O)N2CCC(NC(=O)[O-])C2)c1NC(c1ccccc1)(c1ccccc1)c1ccccc1. The van der Waals surface area contributed by atoms with Gasteiger partial charge in [0.25, 0.3) is 0 Å². The van der Waals surface area contributed by atoms with Crippen LogP contribution in [0, 0.1) is 0 Å². The first-order chi connectivity index (χ1) is 18.5. The highest BCUT2D eigenvalue weighted by Gasteiger charge is 2.38. The lowest BCUT2D eigenvalue weighted by Crippen LogP contribution is -2.45. The summed E-state index contributed by atoms with van der Waals surface area (Å²) in [6, 6.07) is 29.8. The average Bonchev–Trinajstić information content (AvgIpc) is 3.54. The molecule has 1 aliphatic rings. The predicted molar refractivity (Wildman–Crippen MR) is 144 cm³/mol. The van der Waals surface area contributed by atoms with Gasteiger partial charge >= 0.3 is 6.03 Å². The summed E-state index contributed by atoms with van der Waals surface area (Å²) in [7, 11) is 1.82. The first kappa shape index (κ1) is 24.9. The fourth-order valence-electron chi connectivity index (χ4n) is 5.06. The van der Waals surface area contributed by atoms with Crippen molar-refractivity contribution in [3.8, 4) is 0 Å². The fraction of sp³-hybridized carbons (Fsp3) is 0.207. The molecule has 1 fully saturated rings. The van der Waals surface area contributed by atoms with E-state index in [4.69, 9.17) is 0 Å². The number of nitrogens with one attached hydrogen (secondary N) is 3. The molecule has 9 nitrogen and oxygen atoms in total. The van der Waals surface area contributed by atoms with E-state index >= 15 is 0 Å². The molecular formula is C29H29N6O3-. The van der Waals surface area contributed by atoms with Gasteiger partial charge in [-0.3, -0.25) is 4.68 Å². The number of carbonyl (C=O) groups excluding carboxylic acids is 2. The van der Waals surface area contributed by atoms with Crippen LogP contribution in [0.15, 0.2) is 97.2 Å². The zero-order valence-corrected chi connectivity index (χ0v) is 21.0. The number of carbonyl (C=O) groups is 2. The van der Waals surface area contributed by atoms with Crippen molar-refractivity contribution in [2.45, 2.75) is 18.0 Å². The van der Waals surface area contributed by atoms with Crippen molar-refractivity contribution in [1.29, 1.82) is 0 Å². The topological polar surface area (TPSA) is 114 Å². The molecule has 4 aromatic rings. The van der Waals surface area contributed by atoms with Crippen molar-refractivity contribution in [1.82, 2.24) is 20.0 Å². The van der Waals surface area contributed by atoms with Crippen LogP contribution in [0.4, 0.5) is 21.1 Å². The quantitative estimate of drug-likeness (QED) is 0.331. The lowest BCUT2D eigenvalue weighted by atomic mass is 9.77. The maximum atomic E-state index is 13.1. The summed E-state index contributed by atoms with van der Waals surface area (Å²) in [5.41, 5.74) is 2.78. The number of urea groups is 1. The molecule has 1 aromatic heterocycles. The van der Waals surface area contributed by atoms with Crippen molar-refractivity contribution in [2.75, 3.05) is 23.7 Å². The van der Waals surface area contributed by atoms with Gasteiger partial charge in [0.1, 0.15) is 23.1 Å². The molecule has 9 heteroatoms. The Morgan fingerprint density at radius 3 is 1.92 bits per heavy atom. The molecule has 1 unspecified atom stereocenters. The minimum absolute atomic E-state index is 0.269. The molecule has 2 heterocycles. The van der Waals surface area contributed by atoms with E-state index in [2.05, 4.69) is 57.4 Å². The average molecular weight is 510 g/mol. The monoisotopic (exact) mass is 509 g/mol. The maximum absolute atomic E-state index is 13.1. The zero-order chi connectivity index (χ0) is 26.5. The van der Waals surface area contributed by atoms with E-state index < -0.39 is 11.6 Å². The molecule has 0 aliphatic carbocycles. The normalized spacial score (nSPS) is 15.2. The lowest BCUT2D eigenvalue weighted by molar-refractivity contribution is -0.251. The van der Waals surface area contributed by atoms with E-state index in [1.54, 1.807) is 15.8 Å². The van der Waals surface area contributed by atoms with Crippen LogP contribution >= 0.6 is 0 Å². The number of hydrogen-bond donors (Lipinski definition) is 3. The van der Waals surface area contributed by atoms with Crippen LogP contribution < -0.4 is 21.1 Å². The van der Waals surface area contributed by atoms with E-state index in [0.29, 0.717) is 24.5 Å². The van der Waals surface area contributed by atoms with Crippen LogP contribution in [-0.4, -0.2) is 45.9 Å². The van der Waals surface area contributed by atoms with Gasteiger partial charge in [-0.15, -0.1) is 0 Å². The van der Waals surface area contributed by atoms with Crippen LogP contribution in [0.3, 0.4) is 0 Å². The molecule has 0 spiro atoms. The Hall–Kier alpha value is -4.79. The van der Waals surface area contributed by atoms with Crippen molar-refractivity contribution in [3.63, 3.8) is 0 Å². The Morgan fingerprint density at radius 2 is 1.42 bits per heavy atom. The summed E-state index contributed by atoms with van der Waals surface area (Å²) in [6.45, 7) is 0.701. The second-order valence-corrected chi connectivity index (χ2v) is 9.30. The number of aromatic nitrogens is 2. The Bertz CT molecular complexity index is 1300. The molecule has 0 radical (unpaired) electrons. The first-order valence-corrected chi connectivity index (χ1v) is 12.5. The van der Waals surface area contributed by atoms with E-state index in [9.17, 15) is 14.7 Å². The minimum atomic E-state index is -1.34. The third-order valence-electron chi connectivity index (χ3n) is 6.90. The van der Waals surface area contributed by atoms with Gasteiger partial charge in [0.05, 0.1) is 6.20 Å². The van der Waals surface area contributed by atoms with Crippen LogP contribution in [0.5, 0.6) is 0 Å². The summed E-state index contributed by atoms with van der Waals surface area (Å²) in [4.78, 5) is 25.6. The molecule has 3 aromatic carbocycles. The number of amides is 3. The van der Waals surface area contributed by atoms with Gasteiger partial charge in [-0.05, 0) is 23.1 Å². The van der Waals surface area contributed by atoms with Crippen LogP contribution in [-0.2, 0) is 12.6 Å². The molecule has 1 atom stereocenters. The number of anilines is 2. The van der Waals surface area contributed by atoms with Gasteiger partial charge in [0, 0.05) is 26.2 Å². The predicted octanol–water partition coefficient (Wildman–Crippen LogP) is 3.36. The summed E-state index contributed by atoms with van der Waals surface area (Å²) < 4.78 is 1.70. The van der Waals surface area contributed by atoms with Gasteiger partial charge in [-0.25, -0.2) is 4.79 Å². The highest BCUT2D eigenvalue weighted by molar-refractivity contribution is 5.93. The molecule has 1 aliphatic heterocycles. The van der Waals surface area contributed by atoms with E-state index in [1.165, 1.54) is 0 Å². The number of carboxylic acid groups (broad SMARTS) is 1. The number of nitrogens with zero attached hydrogens (tertiary/aromatic N) is 3. The zero-order valence-electron chi connectivity index (χ0n) is 21.0. The highest BCUT2D eigenvalue weighted by Crippen LogP contribution is 2.41. The number of likely N-dealkylation sites (tertiary alicyclic amines) is 1. The largest absolute Gasteiger partial charge is 0.530 e. The van der Waals surface area contributed by atoms with Crippen molar-refractivity contribution < 1.29 is 14.7 Å². The molecule has 3 N–H and O–H groups in total. The van der Waals surface area contributed by atoms with E-state index in [-0.39, 0.29) is 18.6 Å². The second-order valence-electron chi connectivity index (χ2n) is 9.30. The van der Waals surface area contributed by atoms with Crippen molar-refractivity contribution in [2.24, 2.45) is 7.05 Å². The third-order valence-corrected chi connectivity index (χ3v) is 6.90. The standard InChI is InChI=1S/C29H30N6O3/c1-34-26(25(19-30-34)32-27(36)35-18-17-24(20-35)31-28(37)38)33-29(21-11-5-2-6-12-21,22-13-7-3-8-14-22)23-15-9-4-10-16-23/h2-16,19,24,31,33H,17-18,20H2,1H3,(H,32,36)(H,37,38)/p-1. The Labute approximate surface area is 221 Å². The molecule has 5 rings (SSSR count). The van der Waals surface area contributed by atoms with Crippen molar-refractivity contribution >= 4 is 23.6 Å². The summed E-state index contributed by atoms with van der Waals surface area (Å²) in [5, 5.41) is 24.4. The Morgan fingerprint density at radius 1 is 0.895 bits per heavy atom. The van der Waals surface area contributed by atoms with Crippen LogP contribution in [0.25, 0.3) is 0 Å². The van der Waals surface area contributed by atoms with Crippen LogP contribution in [0.2, 0.25) is 0 Å². The van der Waals surface area contributed by atoms with Gasteiger partial charge in [0.2, 0.25) is 0 Å². The molecule has 0 bridgehead atoms. The molecule has 38 heavy (non-hydrogen) atoms. The van der Waals surface area contributed by atoms with Gasteiger partial charge in [-0.2, -0.15) is 5.10 Å². The van der Waals surface area contributed by atoms with Crippen LogP contribution in [0.1, 0.15) is 23.1 Å². The van der Waals surface area contributed by atoms with Gasteiger partial charge in [-0.1, -0.05) is 91.0 Å². The lowest BCUT2D eigenvalue weighted by Gasteiger charge is -2.38. The third kappa shape index (κ3) is 4.90. The minimum Gasteiger partial charge on any atom is -0.530 e.